The van der Waals surface area contributed by atoms with Crippen LogP contribution in [-0.4, -0.2) is 68.4 Å². The SMILES string of the molecule is Cc1nc(N(C)C)cc2c1CC(CNCCC1CN(c3ccc4c(n3)NC(=O)CO4)C(=O)O1)C2. The zero-order chi connectivity index (χ0) is 23.8. The molecule has 0 spiro atoms. The molecule has 2 aromatic heterocycles. The molecular formula is C24H30N6O4. The number of carbonyl (C=O) groups is 2. The van der Waals surface area contributed by atoms with Gasteiger partial charge >= 0.3 is 6.09 Å². The van der Waals surface area contributed by atoms with Crippen molar-refractivity contribution in [3.05, 3.63) is 35.0 Å². The van der Waals surface area contributed by atoms with Crippen LogP contribution < -0.4 is 25.2 Å². The lowest BCUT2D eigenvalue weighted by molar-refractivity contribution is -0.118. The molecule has 2 N–H and O–H groups in total. The zero-order valence-corrected chi connectivity index (χ0v) is 19.8. The van der Waals surface area contributed by atoms with Gasteiger partial charge in [0.05, 0.1) is 6.54 Å². The van der Waals surface area contributed by atoms with E-state index in [-0.39, 0.29) is 18.6 Å². The molecule has 2 unspecified atom stereocenters. The van der Waals surface area contributed by atoms with Crippen LogP contribution in [0.15, 0.2) is 18.2 Å². The fourth-order valence-corrected chi connectivity index (χ4v) is 4.79. The molecule has 2 atom stereocenters. The van der Waals surface area contributed by atoms with Crippen molar-refractivity contribution < 1.29 is 19.1 Å². The number of carbonyl (C=O) groups excluding carboxylic acids is 2. The van der Waals surface area contributed by atoms with Crippen molar-refractivity contribution >= 4 is 29.5 Å². The predicted molar refractivity (Wildman–Crippen MR) is 128 cm³/mol. The number of hydrogen-bond donors (Lipinski definition) is 2. The number of nitrogens with zero attached hydrogens (tertiary/aromatic N) is 4. The predicted octanol–water partition coefficient (Wildman–Crippen LogP) is 1.90. The van der Waals surface area contributed by atoms with Gasteiger partial charge in [-0.05, 0) is 74.5 Å². The van der Waals surface area contributed by atoms with Gasteiger partial charge in [-0.2, -0.15) is 0 Å². The summed E-state index contributed by atoms with van der Waals surface area (Å²) in [4.78, 5) is 36.6. The molecular weight excluding hydrogens is 436 g/mol. The molecule has 2 aromatic rings. The van der Waals surface area contributed by atoms with Gasteiger partial charge in [0.2, 0.25) is 0 Å². The number of amides is 2. The third-order valence-electron chi connectivity index (χ3n) is 6.56. The van der Waals surface area contributed by atoms with Crippen molar-refractivity contribution in [2.24, 2.45) is 5.92 Å². The number of ether oxygens (including phenoxy) is 2. The van der Waals surface area contributed by atoms with Crippen LogP contribution in [0.3, 0.4) is 0 Å². The van der Waals surface area contributed by atoms with Crippen molar-refractivity contribution in [3.63, 3.8) is 0 Å². The fraction of sp³-hybridized carbons (Fsp3) is 0.500. The van der Waals surface area contributed by atoms with Crippen LogP contribution in [0.5, 0.6) is 5.75 Å². The molecule has 10 nitrogen and oxygen atoms in total. The van der Waals surface area contributed by atoms with Crippen LogP contribution in [0.1, 0.15) is 23.2 Å². The molecule has 0 saturated carbocycles. The van der Waals surface area contributed by atoms with Gasteiger partial charge < -0.3 is 25.0 Å². The zero-order valence-electron chi connectivity index (χ0n) is 19.8. The minimum Gasteiger partial charge on any atom is -0.480 e. The molecule has 2 amide bonds. The Morgan fingerprint density at radius 1 is 1.24 bits per heavy atom. The summed E-state index contributed by atoms with van der Waals surface area (Å²) >= 11 is 0. The van der Waals surface area contributed by atoms with E-state index in [1.54, 1.807) is 12.1 Å². The van der Waals surface area contributed by atoms with Gasteiger partial charge in [-0.1, -0.05) is 0 Å². The Bertz CT molecular complexity index is 1120. The lowest BCUT2D eigenvalue weighted by Crippen LogP contribution is -2.30. The summed E-state index contributed by atoms with van der Waals surface area (Å²) in [5.41, 5.74) is 3.92. The summed E-state index contributed by atoms with van der Waals surface area (Å²) in [7, 11) is 4.04. The summed E-state index contributed by atoms with van der Waals surface area (Å²) in [6, 6.07) is 5.62. The Morgan fingerprint density at radius 2 is 2.09 bits per heavy atom. The van der Waals surface area contributed by atoms with E-state index in [1.165, 1.54) is 16.0 Å². The van der Waals surface area contributed by atoms with E-state index < -0.39 is 6.09 Å². The van der Waals surface area contributed by atoms with Gasteiger partial charge in [-0.3, -0.25) is 9.69 Å². The highest BCUT2D eigenvalue weighted by molar-refractivity contribution is 5.95. The van der Waals surface area contributed by atoms with E-state index in [2.05, 4.69) is 33.5 Å². The Balaban J connectivity index is 1.10. The van der Waals surface area contributed by atoms with E-state index in [0.29, 0.717) is 29.8 Å². The maximum atomic E-state index is 12.4. The number of fused-ring (bicyclic) bond motifs is 2. The molecule has 3 aliphatic rings. The van der Waals surface area contributed by atoms with Gasteiger partial charge in [0, 0.05) is 19.8 Å². The first-order valence-corrected chi connectivity index (χ1v) is 11.7. The molecule has 10 heteroatoms. The standard InChI is InChI=1S/C24H30N6O4/c1-14-18-9-15(8-16(18)10-21(26-14)29(2)3)11-25-7-6-17-12-30(24(32)34-17)20-5-4-19-23(27-20)28-22(31)13-33-19/h4-5,10,15,17,25H,6-9,11-13H2,1-3H3,(H,27,28,31). The highest BCUT2D eigenvalue weighted by atomic mass is 16.6. The number of aromatic nitrogens is 2. The van der Waals surface area contributed by atoms with Crippen LogP contribution in [0.25, 0.3) is 0 Å². The molecule has 34 heavy (non-hydrogen) atoms. The number of aryl methyl sites for hydroxylation is 1. The average molecular weight is 467 g/mol. The summed E-state index contributed by atoms with van der Waals surface area (Å²) < 4.78 is 10.9. The maximum Gasteiger partial charge on any atom is 0.415 e. The topological polar surface area (TPSA) is 109 Å². The number of pyridine rings is 2. The minimum atomic E-state index is -0.425. The molecule has 1 saturated heterocycles. The molecule has 1 fully saturated rings. The van der Waals surface area contributed by atoms with Crippen molar-refractivity contribution in [2.75, 3.05) is 55.5 Å². The van der Waals surface area contributed by atoms with Crippen LogP contribution in [0.4, 0.5) is 22.2 Å². The number of cyclic esters (lactones) is 1. The van der Waals surface area contributed by atoms with Crippen LogP contribution in [-0.2, 0) is 22.4 Å². The van der Waals surface area contributed by atoms with Crippen molar-refractivity contribution in [1.29, 1.82) is 0 Å². The molecule has 0 aromatic carbocycles. The lowest BCUT2D eigenvalue weighted by Gasteiger charge is -2.19. The molecule has 0 radical (unpaired) electrons. The van der Waals surface area contributed by atoms with Gasteiger partial charge in [-0.15, -0.1) is 0 Å². The Morgan fingerprint density at radius 3 is 2.91 bits per heavy atom. The lowest BCUT2D eigenvalue weighted by atomic mass is 10.1. The summed E-state index contributed by atoms with van der Waals surface area (Å²) in [5, 5.41) is 6.21. The first-order valence-electron chi connectivity index (χ1n) is 11.7. The Kier molecular flexibility index (Phi) is 5.99. The summed E-state index contributed by atoms with van der Waals surface area (Å²) in [5.74, 6) is 2.56. The monoisotopic (exact) mass is 466 g/mol. The smallest absolute Gasteiger partial charge is 0.415 e. The van der Waals surface area contributed by atoms with Crippen LogP contribution in [0, 0.1) is 12.8 Å². The molecule has 2 aliphatic heterocycles. The van der Waals surface area contributed by atoms with E-state index >= 15 is 0 Å². The quantitative estimate of drug-likeness (QED) is 0.596. The van der Waals surface area contributed by atoms with Gasteiger partial charge in [0.15, 0.2) is 18.2 Å². The van der Waals surface area contributed by atoms with Gasteiger partial charge in [0.1, 0.15) is 17.7 Å². The van der Waals surface area contributed by atoms with E-state index in [9.17, 15) is 9.59 Å². The van der Waals surface area contributed by atoms with Crippen LogP contribution in [0.2, 0.25) is 0 Å². The highest BCUT2D eigenvalue weighted by Crippen LogP contribution is 2.32. The summed E-state index contributed by atoms with van der Waals surface area (Å²) in [6.45, 7) is 4.17. The number of anilines is 3. The largest absolute Gasteiger partial charge is 0.480 e. The van der Waals surface area contributed by atoms with Gasteiger partial charge in [-0.25, -0.2) is 14.8 Å². The third kappa shape index (κ3) is 4.50. The molecule has 180 valence electrons. The van der Waals surface area contributed by atoms with Crippen molar-refractivity contribution in [3.8, 4) is 5.75 Å². The number of hydrogen-bond acceptors (Lipinski definition) is 8. The second kappa shape index (κ2) is 9.09. The van der Waals surface area contributed by atoms with E-state index in [4.69, 9.17) is 14.5 Å². The Hall–Kier alpha value is -3.40. The van der Waals surface area contributed by atoms with Crippen LogP contribution >= 0.6 is 0 Å². The minimum absolute atomic E-state index is 0.0323. The number of nitrogens with one attached hydrogen (secondary N) is 2. The molecule has 4 heterocycles. The third-order valence-corrected chi connectivity index (χ3v) is 6.56. The average Bonchev–Trinajstić information content (AvgIpc) is 3.39. The Labute approximate surface area is 198 Å². The summed E-state index contributed by atoms with van der Waals surface area (Å²) in [6.07, 6.45) is 2.19. The molecule has 0 bridgehead atoms. The second-order valence-corrected chi connectivity index (χ2v) is 9.33. The first-order chi connectivity index (χ1) is 16.4. The van der Waals surface area contributed by atoms with Crippen molar-refractivity contribution in [2.45, 2.75) is 32.3 Å². The number of rotatable bonds is 7. The second-order valence-electron chi connectivity index (χ2n) is 9.33. The highest BCUT2D eigenvalue weighted by Gasteiger charge is 2.34. The first kappa shape index (κ1) is 22.4. The maximum absolute atomic E-state index is 12.4. The normalized spacial score (nSPS) is 21.0. The molecule has 5 rings (SSSR count). The van der Waals surface area contributed by atoms with E-state index in [0.717, 1.165) is 43.9 Å². The van der Waals surface area contributed by atoms with E-state index in [1.807, 2.05) is 14.1 Å². The van der Waals surface area contributed by atoms with Crippen molar-refractivity contribution in [1.82, 2.24) is 15.3 Å². The fourth-order valence-electron chi connectivity index (χ4n) is 4.79. The molecule has 1 aliphatic carbocycles. The van der Waals surface area contributed by atoms with Gasteiger partial charge in [0.25, 0.3) is 5.91 Å².